The number of amides is 1. The third-order valence-corrected chi connectivity index (χ3v) is 3.18. The van der Waals surface area contributed by atoms with Crippen LogP contribution in [-0.2, 0) is 22.7 Å². The van der Waals surface area contributed by atoms with Crippen molar-refractivity contribution in [3.8, 4) is 0 Å². The number of unbranched alkanes of at least 4 members (excludes halogenated alkanes) is 3. The Morgan fingerprint density at radius 1 is 1.10 bits per heavy atom. The van der Waals surface area contributed by atoms with Gasteiger partial charge in [0, 0.05) is 20.1 Å². The van der Waals surface area contributed by atoms with Crippen LogP contribution in [0.15, 0.2) is 24.3 Å². The van der Waals surface area contributed by atoms with Crippen LogP contribution in [-0.4, -0.2) is 19.6 Å². The van der Waals surface area contributed by atoms with Crippen LogP contribution in [0.2, 0.25) is 0 Å². The van der Waals surface area contributed by atoms with Crippen LogP contribution >= 0.6 is 0 Å². The van der Waals surface area contributed by atoms with E-state index in [9.17, 15) is 4.79 Å². The molecule has 0 bridgehead atoms. The summed E-state index contributed by atoms with van der Waals surface area (Å²) in [5, 5.41) is 2.95. The molecule has 0 heterocycles. The minimum absolute atomic E-state index is 0.124. The van der Waals surface area contributed by atoms with E-state index in [0.29, 0.717) is 19.6 Å². The third-order valence-electron chi connectivity index (χ3n) is 3.18. The van der Waals surface area contributed by atoms with Gasteiger partial charge in [-0.1, -0.05) is 37.1 Å². The number of hydrogen-bond donors (Lipinski definition) is 2. The van der Waals surface area contributed by atoms with Gasteiger partial charge in [-0.2, -0.15) is 0 Å². The van der Waals surface area contributed by atoms with E-state index in [0.717, 1.165) is 43.4 Å². The van der Waals surface area contributed by atoms with Crippen molar-refractivity contribution < 1.29 is 9.53 Å². The highest BCUT2D eigenvalue weighted by Crippen LogP contribution is 2.06. The minimum atomic E-state index is 0.124. The Bertz CT molecular complexity index is 377. The van der Waals surface area contributed by atoms with Gasteiger partial charge in [0.25, 0.3) is 0 Å². The van der Waals surface area contributed by atoms with E-state index < -0.39 is 0 Å². The number of nitrogens with two attached hydrogens (primary N) is 1. The molecule has 0 fully saturated rings. The van der Waals surface area contributed by atoms with E-state index in [2.05, 4.69) is 5.32 Å². The first kappa shape index (κ1) is 16.7. The molecule has 0 aromatic heterocycles. The summed E-state index contributed by atoms with van der Waals surface area (Å²) in [6.07, 6.45) is 4.79. The number of rotatable bonds is 10. The molecule has 1 rings (SSSR count). The Morgan fingerprint density at radius 3 is 2.40 bits per heavy atom. The Hall–Kier alpha value is -1.39. The third kappa shape index (κ3) is 7.26. The van der Waals surface area contributed by atoms with Crippen molar-refractivity contribution in [2.24, 2.45) is 5.73 Å². The van der Waals surface area contributed by atoms with Crippen LogP contribution in [0.3, 0.4) is 0 Å². The molecule has 0 radical (unpaired) electrons. The molecule has 0 spiro atoms. The maximum atomic E-state index is 11.7. The highest BCUT2D eigenvalue weighted by atomic mass is 16.5. The van der Waals surface area contributed by atoms with Gasteiger partial charge in [0.1, 0.15) is 0 Å². The van der Waals surface area contributed by atoms with Crippen molar-refractivity contribution in [3.05, 3.63) is 35.4 Å². The molecule has 4 nitrogen and oxygen atoms in total. The SMILES string of the molecule is COCc1ccc(CNC(=O)CCCCCCN)cc1. The number of carbonyl (C=O) groups is 1. The van der Waals surface area contributed by atoms with E-state index in [1.54, 1.807) is 7.11 Å². The summed E-state index contributed by atoms with van der Waals surface area (Å²) in [6, 6.07) is 8.10. The maximum absolute atomic E-state index is 11.7. The van der Waals surface area contributed by atoms with Crippen LogP contribution in [0.5, 0.6) is 0 Å². The number of nitrogens with one attached hydrogen (secondary N) is 1. The molecule has 0 unspecified atom stereocenters. The summed E-state index contributed by atoms with van der Waals surface area (Å²) in [6.45, 7) is 1.95. The first-order valence-electron chi connectivity index (χ1n) is 7.29. The predicted octanol–water partition coefficient (Wildman–Crippen LogP) is 2.36. The molecule has 1 amide bonds. The Balaban J connectivity index is 2.16. The second-order valence-electron chi connectivity index (χ2n) is 4.98. The van der Waals surface area contributed by atoms with Gasteiger partial charge in [-0.05, 0) is 30.5 Å². The van der Waals surface area contributed by atoms with Crippen molar-refractivity contribution >= 4 is 5.91 Å². The molecule has 3 N–H and O–H groups in total. The van der Waals surface area contributed by atoms with Crippen LogP contribution in [0.4, 0.5) is 0 Å². The molecule has 1 aromatic carbocycles. The molecule has 20 heavy (non-hydrogen) atoms. The molecule has 112 valence electrons. The second-order valence-corrected chi connectivity index (χ2v) is 4.98. The molecule has 0 saturated heterocycles. The molecule has 0 saturated carbocycles. The smallest absolute Gasteiger partial charge is 0.220 e. The van der Waals surface area contributed by atoms with Crippen LogP contribution in [0.1, 0.15) is 43.2 Å². The average Bonchev–Trinajstić information content (AvgIpc) is 2.47. The van der Waals surface area contributed by atoms with Gasteiger partial charge in [0.2, 0.25) is 5.91 Å². The summed E-state index contributed by atoms with van der Waals surface area (Å²) < 4.78 is 5.06. The van der Waals surface area contributed by atoms with Gasteiger partial charge < -0.3 is 15.8 Å². The van der Waals surface area contributed by atoms with Gasteiger partial charge in [-0.15, -0.1) is 0 Å². The first-order valence-corrected chi connectivity index (χ1v) is 7.29. The lowest BCUT2D eigenvalue weighted by atomic mass is 10.1. The summed E-state index contributed by atoms with van der Waals surface area (Å²) in [4.78, 5) is 11.7. The highest BCUT2D eigenvalue weighted by Gasteiger charge is 2.01. The highest BCUT2D eigenvalue weighted by molar-refractivity contribution is 5.75. The van der Waals surface area contributed by atoms with Gasteiger partial charge in [-0.3, -0.25) is 4.79 Å². The number of hydrogen-bond acceptors (Lipinski definition) is 3. The van der Waals surface area contributed by atoms with E-state index in [1.165, 1.54) is 0 Å². The van der Waals surface area contributed by atoms with Crippen molar-refractivity contribution in [3.63, 3.8) is 0 Å². The molecule has 0 aliphatic carbocycles. The average molecular weight is 278 g/mol. The summed E-state index contributed by atoms with van der Waals surface area (Å²) in [5.41, 5.74) is 7.68. The van der Waals surface area contributed by atoms with Gasteiger partial charge in [-0.25, -0.2) is 0 Å². The lowest BCUT2D eigenvalue weighted by Crippen LogP contribution is -2.22. The molecule has 0 atom stereocenters. The molecule has 4 heteroatoms. The fourth-order valence-electron chi connectivity index (χ4n) is 1.99. The van der Waals surface area contributed by atoms with E-state index in [1.807, 2.05) is 24.3 Å². The zero-order chi connectivity index (χ0) is 14.6. The van der Waals surface area contributed by atoms with Crippen LogP contribution in [0, 0.1) is 0 Å². The first-order chi connectivity index (χ1) is 9.76. The summed E-state index contributed by atoms with van der Waals surface area (Å²) in [7, 11) is 1.68. The molecular weight excluding hydrogens is 252 g/mol. The number of methoxy groups -OCH3 is 1. The lowest BCUT2D eigenvalue weighted by Gasteiger charge is -2.06. The van der Waals surface area contributed by atoms with E-state index >= 15 is 0 Å². The normalized spacial score (nSPS) is 10.5. The molecular formula is C16H26N2O2. The van der Waals surface area contributed by atoms with Gasteiger partial charge >= 0.3 is 0 Å². The van der Waals surface area contributed by atoms with Crippen LogP contribution < -0.4 is 11.1 Å². The maximum Gasteiger partial charge on any atom is 0.220 e. The minimum Gasteiger partial charge on any atom is -0.380 e. The summed E-state index contributed by atoms with van der Waals surface area (Å²) >= 11 is 0. The van der Waals surface area contributed by atoms with Gasteiger partial charge in [0.05, 0.1) is 6.61 Å². The number of carbonyl (C=O) groups excluding carboxylic acids is 1. The van der Waals surface area contributed by atoms with Gasteiger partial charge in [0.15, 0.2) is 0 Å². The monoisotopic (exact) mass is 278 g/mol. The molecule has 0 aliphatic rings. The zero-order valence-electron chi connectivity index (χ0n) is 12.4. The lowest BCUT2D eigenvalue weighted by molar-refractivity contribution is -0.121. The Kier molecular flexibility index (Phi) is 8.67. The van der Waals surface area contributed by atoms with E-state index in [4.69, 9.17) is 10.5 Å². The second kappa shape index (κ2) is 10.4. The fourth-order valence-corrected chi connectivity index (χ4v) is 1.99. The standard InChI is InChI=1S/C16H26N2O2/c1-20-13-15-9-7-14(8-10-15)12-18-16(19)6-4-2-3-5-11-17/h7-10H,2-6,11-13,17H2,1H3,(H,18,19). The van der Waals surface area contributed by atoms with Crippen molar-refractivity contribution in [2.75, 3.05) is 13.7 Å². The molecule has 1 aromatic rings. The topological polar surface area (TPSA) is 64.3 Å². The molecule has 0 aliphatic heterocycles. The zero-order valence-corrected chi connectivity index (χ0v) is 12.4. The van der Waals surface area contributed by atoms with Crippen LogP contribution in [0.25, 0.3) is 0 Å². The summed E-state index contributed by atoms with van der Waals surface area (Å²) in [5.74, 6) is 0.124. The largest absolute Gasteiger partial charge is 0.380 e. The van der Waals surface area contributed by atoms with Crippen molar-refractivity contribution in [2.45, 2.75) is 45.3 Å². The van der Waals surface area contributed by atoms with Crippen molar-refractivity contribution in [1.29, 1.82) is 0 Å². The van der Waals surface area contributed by atoms with Crippen molar-refractivity contribution in [1.82, 2.24) is 5.32 Å². The number of ether oxygens (including phenoxy) is 1. The Labute approximate surface area is 121 Å². The quantitative estimate of drug-likeness (QED) is 0.646. The Morgan fingerprint density at radius 2 is 1.75 bits per heavy atom. The fraction of sp³-hybridized carbons (Fsp3) is 0.562. The number of benzene rings is 1. The van der Waals surface area contributed by atoms with E-state index in [-0.39, 0.29) is 5.91 Å². The predicted molar refractivity (Wildman–Crippen MR) is 81.1 cm³/mol.